The molecule has 2 heterocycles. The van der Waals surface area contributed by atoms with Crippen LogP contribution in [0.15, 0.2) is 12.1 Å². The minimum atomic E-state index is -5.22. The number of thioether (sulfide) groups is 1. The summed E-state index contributed by atoms with van der Waals surface area (Å²) < 4.78 is 71.5. The van der Waals surface area contributed by atoms with Gasteiger partial charge in [-0.15, -0.1) is 0 Å². The quantitative estimate of drug-likeness (QED) is 0.512. The lowest BCUT2D eigenvalue weighted by molar-refractivity contribution is -0.174. The minimum absolute atomic E-state index is 0.263. The average Bonchev–Trinajstić information content (AvgIpc) is 2.63. The number of benzene rings is 1. The Bertz CT molecular complexity index is 943. The lowest BCUT2D eigenvalue weighted by Gasteiger charge is -2.60. The van der Waals surface area contributed by atoms with Crippen LogP contribution in [0.25, 0.3) is 0 Å². The van der Waals surface area contributed by atoms with Gasteiger partial charge in [-0.2, -0.15) is 24.9 Å². The van der Waals surface area contributed by atoms with Crippen LogP contribution in [0.2, 0.25) is 5.02 Å². The van der Waals surface area contributed by atoms with Crippen molar-refractivity contribution in [1.82, 2.24) is 5.32 Å². The second-order valence-corrected chi connectivity index (χ2v) is 10.0. The summed E-state index contributed by atoms with van der Waals surface area (Å²) in [5.41, 5.74) is -7.43. The molecule has 3 N–H and O–H groups in total. The number of hydrogen-bond acceptors (Lipinski definition) is 4. The van der Waals surface area contributed by atoms with Crippen molar-refractivity contribution < 1.29 is 41.8 Å². The van der Waals surface area contributed by atoms with E-state index in [1.54, 1.807) is 0 Å². The molecule has 0 radical (unpaired) electrons. The Hall–Kier alpha value is -1.59. The molecule has 0 aliphatic carbocycles. The van der Waals surface area contributed by atoms with Crippen LogP contribution in [0.1, 0.15) is 37.3 Å². The van der Waals surface area contributed by atoms with Gasteiger partial charge in [0, 0.05) is 22.8 Å². The predicted octanol–water partition coefficient (Wildman–Crippen LogP) is 4.58. The fraction of sp³-hybridized carbons (Fsp3) is 0.600. The molecule has 0 spiro atoms. The maximum absolute atomic E-state index is 15.2. The molecule has 3 rings (SSSR count). The molecular weight excluding hydrogens is 481 g/mol. The number of alkyl halides is 4. The van der Waals surface area contributed by atoms with Crippen LogP contribution in [0.5, 0.6) is 0 Å². The third kappa shape index (κ3) is 3.38. The van der Waals surface area contributed by atoms with Crippen molar-refractivity contribution >= 4 is 35.3 Å². The molecule has 2 aliphatic heterocycles. The predicted molar refractivity (Wildman–Crippen MR) is 108 cm³/mol. The second-order valence-electron chi connectivity index (χ2n) is 8.32. The van der Waals surface area contributed by atoms with E-state index in [1.807, 2.05) is 0 Å². The fourth-order valence-corrected chi connectivity index (χ4v) is 6.70. The Morgan fingerprint density at radius 1 is 1.28 bits per heavy atom. The highest BCUT2D eigenvalue weighted by molar-refractivity contribution is 8.01. The maximum Gasteiger partial charge on any atom is 0.418 e. The molecule has 1 aromatic carbocycles. The van der Waals surface area contributed by atoms with Gasteiger partial charge in [-0.3, -0.25) is 9.59 Å². The van der Waals surface area contributed by atoms with Crippen molar-refractivity contribution in [3.63, 3.8) is 0 Å². The van der Waals surface area contributed by atoms with Gasteiger partial charge in [0.05, 0.1) is 22.0 Å². The number of nitrogens with one attached hydrogen (secondary N) is 1. The smallest absolute Gasteiger partial charge is 0.418 e. The first-order chi connectivity index (χ1) is 14.7. The number of carbonyl (C=O) groups is 2. The Morgan fingerprint density at radius 2 is 1.88 bits per heavy atom. The van der Waals surface area contributed by atoms with Crippen molar-refractivity contribution in [2.75, 3.05) is 12.4 Å². The second kappa shape index (κ2) is 8.32. The highest BCUT2D eigenvalue weighted by atomic mass is 35.5. The Morgan fingerprint density at radius 3 is 2.28 bits per heavy atom. The van der Waals surface area contributed by atoms with Crippen LogP contribution in [-0.2, 0) is 15.8 Å². The first-order valence-electron chi connectivity index (χ1n) is 9.71. The molecular formula is C20H21ClF5NO4S. The van der Waals surface area contributed by atoms with Gasteiger partial charge >= 0.3 is 18.1 Å². The van der Waals surface area contributed by atoms with E-state index in [9.17, 15) is 37.4 Å². The number of hydrogen-bond donors (Lipinski definition) is 3. The number of piperidine rings is 1. The zero-order valence-corrected chi connectivity index (χ0v) is 18.5. The van der Waals surface area contributed by atoms with Gasteiger partial charge < -0.3 is 15.5 Å². The molecule has 32 heavy (non-hydrogen) atoms. The van der Waals surface area contributed by atoms with E-state index >= 15 is 4.39 Å². The standard InChI is InChI=1S/C20H21ClF5NO4S/c1-8-19(17(30)31,12-5-6-32-12)15(18(2,16(28)29)11(7-22)27-8)13-10(23)4-3-9(21)14(13)20(24,25)26/h3-4,8,11-12,15,27H,5-7H2,1-2H3,(H,28,29)(H,30,31). The van der Waals surface area contributed by atoms with Crippen molar-refractivity contribution in [3.05, 3.63) is 34.1 Å². The maximum atomic E-state index is 15.2. The number of aliphatic carboxylic acids is 2. The Balaban J connectivity index is 2.52. The molecule has 178 valence electrons. The molecule has 6 atom stereocenters. The fourth-order valence-electron chi connectivity index (χ4n) is 5.24. The summed E-state index contributed by atoms with van der Waals surface area (Å²) in [4.78, 5) is 25.3. The van der Waals surface area contributed by atoms with Gasteiger partial charge in [0.1, 0.15) is 17.9 Å². The van der Waals surface area contributed by atoms with Crippen molar-refractivity contribution in [3.8, 4) is 0 Å². The highest BCUT2D eigenvalue weighted by Gasteiger charge is 2.70. The lowest BCUT2D eigenvalue weighted by Crippen LogP contribution is -2.73. The molecule has 0 aromatic heterocycles. The summed E-state index contributed by atoms with van der Waals surface area (Å²) in [6.07, 6.45) is -4.96. The SMILES string of the molecule is CC1NC(CF)C(C)(C(=O)O)C(c2c(F)ccc(Cl)c2C(F)(F)F)C1(C(=O)O)C1CCS1. The van der Waals surface area contributed by atoms with E-state index in [-0.39, 0.29) is 6.42 Å². The van der Waals surface area contributed by atoms with Crippen LogP contribution in [0, 0.1) is 16.6 Å². The van der Waals surface area contributed by atoms with Gasteiger partial charge in [0.2, 0.25) is 0 Å². The summed E-state index contributed by atoms with van der Waals surface area (Å²) in [6, 6.07) is -1.42. The summed E-state index contributed by atoms with van der Waals surface area (Å²) in [7, 11) is 0. The lowest BCUT2D eigenvalue weighted by atomic mass is 9.50. The van der Waals surface area contributed by atoms with Gasteiger partial charge in [-0.1, -0.05) is 11.6 Å². The van der Waals surface area contributed by atoms with Crippen molar-refractivity contribution in [2.24, 2.45) is 10.8 Å². The van der Waals surface area contributed by atoms with Gasteiger partial charge in [-0.05, 0) is 38.2 Å². The summed E-state index contributed by atoms with van der Waals surface area (Å²) in [5.74, 6) is -6.35. The third-order valence-corrected chi connectivity index (χ3v) is 8.71. The molecule has 2 aliphatic rings. The Kier molecular flexibility index (Phi) is 6.51. The minimum Gasteiger partial charge on any atom is -0.481 e. The largest absolute Gasteiger partial charge is 0.481 e. The number of halogens is 6. The van der Waals surface area contributed by atoms with E-state index in [2.05, 4.69) is 5.32 Å². The molecule has 0 bridgehead atoms. The molecule has 2 fully saturated rings. The summed E-state index contributed by atoms with van der Waals surface area (Å²) in [5, 5.41) is 21.4. The van der Waals surface area contributed by atoms with E-state index in [0.29, 0.717) is 17.9 Å². The van der Waals surface area contributed by atoms with Crippen molar-refractivity contribution in [1.29, 1.82) is 0 Å². The molecule has 0 amide bonds. The zero-order valence-electron chi connectivity index (χ0n) is 17.0. The van der Waals surface area contributed by atoms with Crippen LogP contribution < -0.4 is 5.32 Å². The molecule has 12 heteroatoms. The van der Waals surface area contributed by atoms with Crippen LogP contribution in [0.4, 0.5) is 22.0 Å². The Labute approximate surface area is 189 Å². The summed E-state index contributed by atoms with van der Waals surface area (Å²) >= 11 is 6.95. The van der Waals surface area contributed by atoms with E-state index in [0.717, 1.165) is 18.7 Å². The van der Waals surface area contributed by atoms with Crippen LogP contribution in [0.3, 0.4) is 0 Å². The highest BCUT2D eigenvalue weighted by Crippen LogP contribution is 2.63. The van der Waals surface area contributed by atoms with E-state index in [1.165, 1.54) is 6.92 Å². The number of rotatable bonds is 5. The van der Waals surface area contributed by atoms with E-state index in [4.69, 9.17) is 11.6 Å². The van der Waals surface area contributed by atoms with Gasteiger partial charge in [0.15, 0.2) is 0 Å². The van der Waals surface area contributed by atoms with Gasteiger partial charge in [-0.25, -0.2) is 8.78 Å². The first kappa shape index (κ1) is 25.0. The number of carboxylic acids is 2. The average molecular weight is 502 g/mol. The summed E-state index contributed by atoms with van der Waals surface area (Å²) in [6.45, 7) is 0.991. The van der Waals surface area contributed by atoms with Gasteiger partial charge in [0.25, 0.3) is 0 Å². The van der Waals surface area contributed by atoms with Crippen molar-refractivity contribution in [2.45, 2.75) is 49.7 Å². The normalized spacial score (nSPS) is 35.2. The number of carboxylic acid groups (broad SMARTS) is 2. The van der Waals surface area contributed by atoms with Crippen LogP contribution >= 0.6 is 23.4 Å². The topological polar surface area (TPSA) is 86.6 Å². The molecule has 2 saturated heterocycles. The molecule has 6 unspecified atom stereocenters. The monoisotopic (exact) mass is 501 g/mol. The zero-order chi connectivity index (χ0) is 24.2. The van der Waals surface area contributed by atoms with E-state index < -0.39 is 80.8 Å². The molecule has 1 aromatic rings. The third-order valence-electron chi connectivity index (χ3n) is 6.90. The molecule has 5 nitrogen and oxygen atoms in total. The molecule has 0 saturated carbocycles. The first-order valence-corrected chi connectivity index (χ1v) is 11.1. The van der Waals surface area contributed by atoms with Crippen LogP contribution in [-0.4, -0.2) is 51.9 Å².